The van der Waals surface area contributed by atoms with Crippen LogP contribution in [0.5, 0.6) is 0 Å². The van der Waals surface area contributed by atoms with Gasteiger partial charge in [-0.3, -0.25) is 14.7 Å². The minimum Gasteiger partial charge on any atom is -0.373 e. The van der Waals surface area contributed by atoms with Crippen molar-refractivity contribution in [2.24, 2.45) is 28.2 Å². The van der Waals surface area contributed by atoms with Gasteiger partial charge in [0.1, 0.15) is 5.82 Å². The van der Waals surface area contributed by atoms with Crippen molar-refractivity contribution in [3.8, 4) is 0 Å². The number of carbonyl (C=O) groups excluding carboxylic acids is 1. The number of carbonyl (C=O) groups is 1. The number of hydrogen-bond acceptors (Lipinski definition) is 6. The summed E-state index contributed by atoms with van der Waals surface area (Å²) in [5.41, 5.74) is 1.26. The zero-order chi connectivity index (χ0) is 26.7. The van der Waals surface area contributed by atoms with Crippen molar-refractivity contribution in [2.45, 2.75) is 78.2 Å². The Morgan fingerprint density at radius 3 is 2.55 bits per heavy atom. The Hall–Kier alpha value is -2.51. The molecule has 1 aromatic rings. The summed E-state index contributed by atoms with van der Waals surface area (Å²) >= 11 is 0. The molecule has 1 aliphatic carbocycles. The van der Waals surface area contributed by atoms with E-state index in [1.54, 1.807) is 0 Å². The van der Waals surface area contributed by atoms with Crippen LogP contribution in [0, 0.1) is 23.2 Å². The second kappa shape index (κ2) is 11.7. The predicted octanol–water partition coefficient (Wildman–Crippen LogP) is 4.60. The molecule has 4 heterocycles. The molecule has 7 nitrogen and oxygen atoms in total. The number of pyridine rings is 1. The number of hydrogen-bond donors (Lipinski definition) is 1. The van der Waals surface area contributed by atoms with Crippen molar-refractivity contribution in [3.05, 3.63) is 48.3 Å². The van der Waals surface area contributed by atoms with Gasteiger partial charge in [0.2, 0.25) is 5.91 Å². The Morgan fingerprint density at radius 1 is 1.13 bits per heavy atom. The van der Waals surface area contributed by atoms with Crippen LogP contribution in [0.25, 0.3) is 0 Å². The van der Waals surface area contributed by atoms with Gasteiger partial charge in [-0.05, 0) is 63.0 Å². The van der Waals surface area contributed by atoms with Crippen molar-refractivity contribution in [3.63, 3.8) is 0 Å². The number of nitrogens with zero attached hydrogens (tertiary/aromatic N) is 4. The molecule has 1 amide bonds. The molecule has 0 spiro atoms. The summed E-state index contributed by atoms with van der Waals surface area (Å²) < 4.78 is 5.86. The maximum absolute atomic E-state index is 13.4. The second-order valence-electron chi connectivity index (χ2n) is 12.3. The lowest BCUT2D eigenvalue weighted by molar-refractivity contribution is -0.126. The number of amides is 1. The van der Waals surface area contributed by atoms with Crippen LogP contribution in [-0.4, -0.2) is 66.4 Å². The van der Waals surface area contributed by atoms with Crippen molar-refractivity contribution in [1.29, 1.82) is 0 Å². The van der Waals surface area contributed by atoms with Gasteiger partial charge in [0.05, 0.1) is 18.1 Å². The van der Waals surface area contributed by atoms with Gasteiger partial charge in [-0.1, -0.05) is 38.1 Å². The minimum atomic E-state index is -0.0745. The second-order valence-corrected chi connectivity index (χ2v) is 12.3. The zero-order valence-electron chi connectivity index (χ0n) is 23.6. The molecule has 0 radical (unpaired) electrons. The van der Waals surface area contributed by atoms with Gasteiger partial charge in [-0.15, -0.1) is 0 Å². The highest BCUT2D eigenvalue weighted by molar-refractivity contribution is 5.81. The molecule has 2 saturated heterocycles. The third-order valence-corrected chi connectivity index (χ3v) is 9.08. The molecule has 6 atom stereocenters. The van der Waals surface area contributed by atoms with Crippen molar-refractivity contribution >= 4 is 17.9 Å². The molecule has 4 aliphatic rings. The smallest absolute Gasteiger partial charge is 0.227 e. The highest BCUT2D eigenvalue weighted by Crippen LogP contribution is 2.44. The highest BCUT2D eigenvalue weighted by Gasteiger charge is 2.42. The summed E-state index contributed by atoms with van der Waals surface area (Å²) in [5, 5.41) is 3.39. The SMILES string of the molecule is CC1CN(Cc2ccc(N3CCC(NC(=O)C4C=CCC(C5(C)C=NC=CC5)C4C)CC3)nc2)CC(C)O1. The fraction of sp³-hybridized carbons (Fsp3) is 0.645. The first-order valence-electron chi connectivity index (χ1n) is 14.5. The maximum atomic E-state index is 13.4. The van der Waals surface area contributed by atoms with Crippen LogP contribution in [0.1, 0.15) is 58.9 Å². The van der Waals surface area contributed by atoms with E-state index >= 15 is 0 Å². The van der Waals surface area contributed by atoms with Gasteiger partial charge >= 0.3 is 0 Å². The van der Waals surface area contributed by atoms with Gasteiger partial charge in [-0.2, -0.15) is 0 Å². The van der Waals surface area contributed by atoms with E-state index in [4.69, 9.17) is 9.72 Å². The molecule has 0 saturated carbocycles. The average Bonchev–Trinajstić information content (AvgIpc) is 2.89. The quantitative estimate of drug-likeness (QED) is 0.557. The summed E-state index contributed by atoms with van der Waals surface area (Å²) in [6.45, 7) is 13.5. The third-order valence-electron chi connectivity index (χ3n) is 9.08. The Labute approximate surface area is 228 Å². The van der Waals surface area contributed by atoms with Gasteiger partial charge in [-0.25, -0.2) is 4.98 Å². The molecule has 0 aromatic carbocycles. The number of aromatic nitrogens is 1. The van der Waals surface area contributed by atoms with Gasteiger partial charge < -0.3 is 15.0 Å². The molecular weight excluding hydrogens is 474 g/mol. The monoisotopic (exact) mass is 519 g/mol. The molecule has 2 fully saturated rings. The zero-order valence-corrected chi connectivity index (χ0v) is 23.6. The van der Waals surface area contributed by atoms with Crippen molar-refractivity contribution in [2.75, 3.05) is 31.1 Å². The van der Waals surface area contributed by atoms with E-state index in [0.717, 1.165) is 64.2 Å². The van der Waals surface area contributed by atoms with E-state index in [9.17, 15) is 4.79 Å². The summed E-state index contributed by atoms with van der Waals surface area (Å²) in [6.07, 6.45) is 17.0. The minimum absolute atomic E-state index is 0.0182. The Kier molecular flexibility index (Phi) is 8.34. The third kappa shape index (κ3) is 6.20. The summed E-state index contributed by atoms with van der Waals surface area (Å²) in [7, 11) is 0. The first-order valence-corrected chi connectivity index (χ1v) is 14.5. The van der Waals surface area contributed by atoms with Gasteiger partial charge in [0, 0.05) is 62.8 Å². The van der Waals surface area contributed by atoms with Crippen LogP contribution in [0.4, 0.5) is 5.82 Å². The lowest BCUT2D eigenvalue weighted by Crippen LogP contribution is -2.49. The molecule has 1 N–H and O–H groups in total. The lowest BCUT2D eigenvalue weighted by Gasteiger charge is -2.43. The van der Waals surface area contributed by atoms with Crippen molar-refractivity contribution in [1.82, 2.24) is 15.2 Å². The summed E-state index contributed by atoms with van der Waals surface area (Å²) in [4.78, 5) is 27.4. The van der Waals surface area contributed by atoms with E-state index in [0.29, 0.717) is 5.92 Å². The fourth-order valence-corrected chi connectivity index (χ4v) is 7.01. The molecule has 6 unspecified atom stereocenters. The first kappa shape index (κ1) is 27.1. The van der Waals surface area contributed by atoms with Crippen LogP contribution >= 0.6 is 0 Å². The predicted molar refractivity (Wildman–Crippen MR) is 153 cm³/mol. The van der Waals surface area contributed by atoms with Crippen molar-refractivity contribution < 1.29 is 9.53 Å². The molecule has 38 heavy (non-hydrogen) atoms. The van der Waals surface area contributed by atoms with Gasteiger partial charge in [0.25, 0.3) is 0 Å². The first-order chi connectivity index (χ1) is 18.3. The van der Waals surface area contributed by atoms with Crippen LogP contribution in [0.15, 0.2) is 47.7 Å². The number of nitrogens with one attached hydrogen (secondary N) is 1. The molecule has 7 heteroatoms. The van der Waals surface area contributed by atoms with E-state index < -0.39 is 0 Å². The average molecular weight is 520 g/mol. The molecule has 1 aromatic heterocycles. The van der Waals surface area contributed by atoms with E-state index in [1.807, 2.05) is 12.4 Å². The summed E-state index contributed by atoms with van der Waals surface area (Å²) in [5.74, 6) is 1.84. The number of allylic oxidation sites excluding steroid dienone is 2. The maximum Gasteiger partial charge on any atom is 0.227 e. The largest absolute Gasteiger partial charge is 0.373 e. The number of rotatable bonds is 6. The Morgan fingerprint density at radius 2 is 1.89 bits per heavy atom. The number of morpholine rings is 1. The molecule has 3 aliphatic heterocycles. The van der Waals surface area contributed by atoms with E-state index in [-0.39, 0.29) is 41.4 Å². The van der Waals surface area contributed by atoms with Crippen LogP contribution in [-0.2, 0) is 16.1 Å². The molecule has 206 valence electrons. The van der Waals surface area contributed by atoms with Crippen LogP contribution in [0.3, 0.4) is 0 Å². The number of piperidine rings is 1. The number of ether oxygens (including phenoxy) is 1. The number of anilines is 1. The molecule has 0 bridgehead atoms. The van der Waals surface area contributed by atoms with E-state index in [2.05, 4.69) is 84.4 Å². The Balaban J connectivity index is 1.10. The lowest BCUT2D eigenvalue weighted by atomic mass is 9.62. The standard InChI is InChI=1S/C31H45N5O2/c1-22-18-35(19-23(2)38-22)20-25-9-10-29(33-17-25)36-15-11-26(12-16-36)34-30(37)27-7-5-8-28(24(27)3)31(4)13-6-14-32-21-31/h5-7,9-10,14,17,21-24,26-28H,8,11-13,15-16,18-20H2,1-4H3,(H,34,37). The van der Waals surface area contributed by atoms with Crippen LogP contribution < -0.4 is 10.2 Å². The molecule has 5 rings (SSSR count). The Bertz CT molecular complexity index is 1030. The van der Waals surface area contributed by atoms with Crippen LogP contribution in [0.2, 0.25) is 0 Å². The molecular formula is C31H45N5O2. The normalized spacial score (nSPS) is 34.4. The highest BCUT2D eigenvalue weighted by atomic mass is 16.5. The summed E-state index contributed by atoms with van der Waals surface area (Å²) in [6, 6.07) is 4.58. The fourth-order valence-electron chi connectivity index (χ4n) is 7.01. The topological polar surface area (TPSA) is 70.1 Å². The number of aliphatic imine (C=N–C) groups is 1. The van der Waals surface area contributed by atoms with Gasteiger partial charge in [0.15, 0.2) is 0 Å². The van der Waals surface area contributed by atoms with E-state index in [1.165, 1.54) is 5.56 Å².